The predicted molar refractivity (Wildman–Crippen MR) is 219 cm³/mol. The van der Waals surface area contributed by atoms with Crippen LogP contribution in [0.4, 0.5) is 38.9 Å². The number of amides is 2. The van der Waals surface area contributed by atoms with Crippen LogP contribution in [0, 0.1) is 6.92 Å². The van der Waals surface area contributed by atoms with Crippen molar-refractivity contribution in [3.05, 3.63) is 109 Å². The Morgan fingerprint density at radius 2 is 0.910 bits per heavy atom. The largest absolute Gasteiger partial charge is 1.00 e. The van der Waals surface area contributed by atoms with Crippen LogP contribution in [0.3, 0.4) is 0 Å². The van der Waals surface area contributed by atoms with Gasteiger partial charge in [0.1, 0.15) is 51.8 Å². The zero-order valence-electron chi connectivity index (χ0n) is 35.4. The third-order valence-electron chi connectivity index (χ3n) is 9.22. The van der Waals surface area contributed by atoms with E-state index in [1.54, 1.807) is 0 Å². The van der Waals surface area contributed by atoms with Crippen LogP contribution in [0.2, 0.25) is 0 Å². The van der Waals surface area contributed by atoms with E-state index < -0.39 is 89.0 Å². The predicted octanol–water partition coefficient (Wildman–Crippen LogP) is -5.03. The molecule has 67 heavy (non-hydrogen) atoms. The van der Waals surface area contributed by atoms with Crippen molar-refractivity contribution in [1.29, 1.82) is 0 Å². The monoisotopic (exact) mass is 1020 g/mol. The van der Waals surface area contributed by atoms with Crippen molar-refractivity contribution < 1.29 is 185 Å². The summed E-state index contributed by atoms with van der Waals surface area (Å²) in [6, 6.07) is 19.3. The molecule has 7 aromatic carbocycles. The number of carbonyl (C=O) groups is 1. The minimum atomic E-state index is -5.32. The van der Waals surface area contributed by atoms with Gasteiger partial charge in [-0.05, 0) is 125 Å². The van der Waals surface area contributed by atoms with Gasteiger partial charge in [0, 0.05) is 22.1 Å². The number of hydrogen-bond donors (Lipinski definition) is 4. The van der Waals surface area contributed by atoms with Crippen LogP contribution < -0.4 is 129 Å². The summed E-state index contributed by atoms with van der Waals surface area (Å²) in [5, 5.41) is 43.1. The second kappa shape index (κ2) is 22.4. The fourth-order valence-corrected chi connectivity index (χ4v) is 8.62. The number of phenols is 2. The van der Waals surface area contributed by atoms with Gasteiger partial charge in [-0.1, -0.05) is 12.1 Å². The smallest absolute Gasteiger partial charge is 0.744 e. The van der Waals surface area contributed by atoms with Gasteiger partial charge in [0.25, 0.3) is 0 Å². The number of anilines is 2. The van der Waals surface area contributed by atoms with Gasteiger partial charge in [0.15, 0.2) is 11.5 Å². The maximum absolute atomic E-state index is 13.1. The van der Waals surface area contributed by atoms with Crippen molar-refractivity contribution in [3.8, 4) is 11.5 Å². The molecule has 7 rings (SSSR count). The molecule has 0 atom stereocenters. The van der Waals surface area contributed by atoms with Crippen LogP contribution in [0.25, 0.3) is 32.3 Å². The molecule has 0 bridgehead atoms. The van der Waals surface area contributed by atoms with Crippen LogP contribution >= 0.6 is 0 Å². The Morgan fingerprint density at radius 1 is 0.478 bits per heavy atom. The molecule has 0 spiro atoms. The van der Waals surface area contributed by atoms with Gasteiger partial charge in [-0.15, -0.1) is 10.2 Å². The van der Waals surface area contributed by atoms with Crippen LogP contribution in [-0.2, 0) is 40.5 Å². The van der Waals surface area contributed by atoms with Crippen LogP contribution in [0.5, 0.6) is 11.5 Å². The molecule has 0 aromatic heterocycles. The number of nitrogens with one attached hydrogen (secondary N) is 2. The Balaban J connectivity index is 0.00000298. The number of aromatic hydroxyl groups is 2. The van der Waals surface area contributed by atoms with Crippen LogP contribution in [0.15, 0.2) is 143 Å². The molecule has 0 saturated carbocycles. The quantitative estimate of drug-likeness (QED) is 0.0566. The van der Waals surface area contributed by atoms with E-state index in [1.165, 1.54) is 67.6 Å². The van der Waals surface area contributed by atoms with Crippen molar-refractivity contribution >= 4 is 113 Å². The number of nitrogens with zero attached hydrogens (tertiary/aromatic N) is 4. The number of azo groups is 2. The second-order valence-electron chi connectivity index (χ2n) is 13.5. The summed E-state index contributed by atoms with van der Waals surface area (Å²) in [7, 11) is -20.1. The summed E-state index contributed by atoms with van der Waals surface area (Å²) in [5.74, 6) is -1.54. The number of aryl methyl sites for hydroxylation is 1. The Bertz CT molecular complexity index is 3660. The summed E-state index contributed by atoms with van der Waals surface area (Å²) in [6.45, 7) is 1.39. The first-order valence-electron chi connectivity index (χ1n) is 17.4. The Labute approximate surface area is 469 Å². The molecule has 0 aliphatic carbocycles. The van der Waals surface area contributed by atoms with Crippen molar-refractivity contribution in [2.24, 2.45) is 20.5 Å². The third-order valence-corrected chi connectivity index (χ3v) is 12.6. The molecule has 0 radical (unpaired) electrons. The topological polar surface area (TPSA) is 360 Å². The van der Waals surface area contributed by atoms with Crippen LogP contribution in [0.1, 0.15) is 5.56 Å². The van der Waals surface area contributed by atoms with Crippen LogP contribution in [-0.4, -0.2) is 68.1 Å². The maximum Gasteiger partial charge on any atom is 1.00 e. The zero-order valence-corrected chi connectivity index (χ0v) is 46.7. The Kier molecular flexibility index (Phi) is 19.5. The van der Waals surface area contributed by atoms with Crippen molar-refractivity contribution in [1.82, 2.24) is 0 Å². The average molecular weight is 1020 g/mol. The van der Waals surface area contributed by atoms with Crippen molar-refractivity contribution in [3.63, 3.8) is 0 Å². The molecule has 0 saturated heterocycles. The molecule has 2 amide bonds. The Hall–Kier alpha value is -2.97. The molecule has 0 aliphatic heterocycles. The molecule has 0 heterocycles. The fourth-order valence-electron chi connectivity index (χ4n) is 6.26. The summed E-state index contributed by atoms with van der Waals surface area (Å²) in [5.41, 5.74) is -1.17. The van der Waals surface area contributed by atoms with E-state index >= 15 is 0 Å². The number of phenolic OH excluding ortho intramolecular Hbond substituents is 2. The molecular formula is C38H24N6Na4O15S4. The number of urea groups is 1. The fraction of sp³-hybridized carbons (Fsp3) is 0.0263. The van der Waals surface area contributed by atoms with E-state index in [9.17, 15) is 66.9 Å². The summed E-state index contributed by atoms with van der Waals surface area (Å²) in [4.78, 5) is 10.1. The first kappa shape index (κ1) is 58.3. The van der Waals surface area contributed by atoms with Gasteiger partial charge in [-0.3, -0.25) is 0 Å². The molecule has 0 fully saturated rings. The number of fused-ring (bicyclic) bond motifs is 3. The first-order valence-corrected chi connectivity index (χ1v) is 23.0. The van der Waals surface area contributed by atoms with Gasteiger partial charge < -0.3 is 39.1 Å². The molecule has 29 heteroatoms. The molecule has 0 unspecified atom stereocenters. The summed E-state index contributed by atoms with van der Waals surface area (Å²) >= 11 is 0. The standard InChI is InChI=1S/C38H28N6O15S4.4Na/c1-19-12-27(60(48,49)50)8-11-31(19)42-44-35-33(63(57,58)59)18-23-15-25(6-10-30(23)37(35)46)40-38(47)39-24-5-9-29-22(14-24)17-32(62(54,55)56)34(36(29)45)43-41-26-4-2-21-16-28(61(51,52)53)7-3-20(21)13-26;;;;/h2-18,45-46H,1H3,(H2,39,40,47)(H,48,49,50)(H,51,52,53)(H,54,55,56)(H,57,58,59);;;;/q;4*+1/p-4. The number of rotatable bonds is 10. The number of hydrogen-bond acceptors (Lipinski definition) is 19. The van der Waals surface area contributed by atoms with Gasteiger partial charge in [0.05, 0.1) is 31.0 Å². The van der Waals surface area contributed by atoms with Gasteiger partial charge in [0.2, 0.25) is 0 Å². The van der Waals surface area contributed by atoms with Crippen molar-refractivity contribution in [2.75, 3.05) is 10.6 Å². The minimum Gasteiger partial charge on any atom is -0.744 e. The third kappa shape index (κ3) is 13.5. The SMILES string of the molecule is Cc1cc(S(=O)(=O)[O-])ccc1N=Nc1c(S(=O)(=O)[O-])cc2cc(NC(=O)Nc3ccc4c(O)c(N=Nc5ccc6cc(S(=O)(=O)[O-])ccc6c5)c(S(=O)(=O)[O-])cc4c3)ccc2c1O.[Na+].[Na+].[Na+].[Na+]. The molecule has 7 aromatic rings. The second-order valence-corrected chi connectivity index (χ2v) is 18.9. The van der Waals surface area contributed by atoms with Gasteiger partial charge in [-0.25, -0.2) is 38.5 Å². The average Bonchev–Trinajstić information content (AvgIpc) is 3.18. The maximum atomic E-state index is 13.1. The van der Waals surface area contributed by atoms with E-state index in [2.05, 4.69) is 31.1 Å². The van der Waals surface area contributed by atoms with Crippen molar-refractivity contribution in [2.45, 2.75) is 26.5 Å². The van der Waals surface area contributed by atoms with E-state index in [-0.39, 0.29) is 168 Å². The molecule has 4 N–H and O–H groups in total. The molecule has 324 valence electrons. The number of benzene rings is 7. The number of carbonyl (C=O) groups excluding carboxylic acids is 1. The molecule has 0 aliphatic rings. The normalized spacial score (nSPS) is 12.0. The molecular weight excluding hydrogens is 1000 g/mol. The Morgan fingerprint density at radius 3 is 1.37 bits per heavy atom. The summed E-state index contributed by atoms with van der Waals surface area (Å²) < 4.78 is 142. The van der Waals surface area contributed by atoms with E-state index in [0.29, 0.717) is 10.8 Å². The van der Waals surface area contributed by atoms with E-state index in [1.807, 2.05) is 0 Å². The zero-order chi connectivity index (χ0) is 45.8. The van der Waals surface area contributed by atoms with E-state index in [4.69, 9.17) is 0 Å². The van der Waals surface area contributed by atoms with Gasteiger partial charge >= 0.3 is 124 Å². The summed E-state index contributed by atoms with van der Waals surface area (Å²) in [6.07, 6.45) is 0. The minimum absolute atomic E-state index is 0. The van der Waals surface area contributed by atoms with Gasteiger partial charge in [-0.2, -0.15) is 10.2 Å². The van der Waals surface area contributed by atoms with E-state index in [0.717, 1.165) is 42.5 Å². The first-order chi connectivity index (χ1) is 29.4. The molecule has 21 nitrogen and oxygen atoms in total.